The molecular formula is C10H7N3O. The van der Waals surface area contributed by atoms with Crippen molar-refractivity contribution < 1.29 is 4.74 Å². The second-order valence-electron chi connectivity index (χ2n) is 2.69. The van der Waals surface area contributed by atoms with E-state index < -0.39 is 0 Å². The van der Waals surface area contributed by atoms with Gasteiger partial charge in [-0.1, -0.05) is 0 Å². The molecule has 0 aliphatic heterocycles. The number of nitriles is 1. The van der Waals surface area contributed by atoms with Gasteiger partial charge in [0.2, 0.25) is 0 Å². The second-order valence-corrected chi connectivity index (χ2v) is 2.69. The van der Waals surface area contributed by atoms with Crippen molar-refractivity contribution in [3.8, 4) is 11.8 Å². The van der Waals surface area contributed by atoms with Crippen molar-refractivity contribution in [1.82, 2.24) is 9.97 Å². The molecule has 0 unspecified atom stereocenters. The van der Waals surface area contributed by atoms with Gasteiger partial charge in [0.15, 0.2) is 6.61 Å². The van der Waals surface area contributed by atoms with Crippen LogP contribution in [0.1, 0.15) is 0 Å². The van der Waals surface area contributed by atoms with E-state index >= 15 is 0 Å². The minimum Gasteiger partial charge on any atom is -0.479 e. The van der Waals surface area contributed by atoms with Crippen LogP contribution in [-0.2, 0) is 0 Å². The van der Waals surface area contributed by atoms with Crippen molar-refractivity contribution >= 4 is 10.9 Å². The smallest absolute Gasteiger partial charge is 0.174 e. The maximum absolute atomic E-state index is 8.34. The van der Waals surface area contributed by atoms with E-state index in [1.165, 1.54) is 6.33 Å². The lowest BCUT2D eigenvalue weighted by Crippen LogP contribution is -1.93. The first-order valence-electron chi connectivity index (χ1n) is 4.09. The predicted molar refractivity (Wildman–Crippen MR) is 50.6 cm³/mol. The van der Waals surface area contributed by atoms with Crippen LogP contribution in [0.3, 0.4) is 0 Å². The number of benzene rings is 1. The van der Waals surface area contributed by atoms with Crippen LogP contribution in [0.5, 0.6) is 5.75 Å². The topological polar surface area (TPSA) is 58.8 Å². The molecule has 0 radical (unpaired) electrons. The highest BCUT2D eigenvalue weighted by atomic mass is 16.5. The van der Waals surface area contributed by atoms with E-state index in [1.807, 2.05) is 18.2 Å². The molecule has 1 heterocycles. The first kappa shape index (κ1) is 8.45. The third kappa shape index (κ3) is 1.62. The fourth-order valence-corrected chi connectivity index (χ4v) is 1.17. The highest BCUT2D eigenvalue weighted by Gasteiger charge is 1.97. The average Bonchev–Trinajstić information content (AvgIpc) is 2.26. The maximum atomic E-state index is 8.34. The zero-order chi connectivity index (χ0) is 9.80. The van der Waals surface area contributed by atoms with Gasteiger partial charge in [-0.05, 0) is 18.2 Å². The molecule has 14 heavy (non-hydrogen) atoms. The van der Waals surface area contributed by atoms with E-state index in [1.54, 1.807) is 12.3 Å². The number of nitrogens with zero attached hydrogens (tertiary/aromatic N) is 3. The molecule has 0 aliphatic carbocycles. The largest absolute Gasteiger partial charge is 0.479 e. The molecule has 4 heteroatoms. The van der Waals surface area contributed by atoms with Crippen molar-refractivity contribution in [3.05, 3.63) is 30.7 Å². The minimum atomic E-state index is 0.0548. The summed E-state index contributed by atoms with van der Waals surface area (Å²) in [5.41, 5.74) is 0.865. The third-order valence-corrected chi connectivity index (χ3v) is 1.78. The molecule has 0 aliphatic rings. The van der Waals surface area contributed by atoms with Crippen molar-refractivity contribution in [3.63, 3.8) is 0 Å². The molecule has 0 saturated heterocycles. The maximum Gasteiger partial charge on any atom is 0.174 e. The quantitative estimate of drug-likeness (QED) is 0.711. The average molecular weight is 185 g/mol. The number of hydrogen-bond donors (Lipinski definition) is 0. The SMILES string of the molecule is N#CCOc1ccc2ncncc2c1. The summed E-state index contributed by atoms with van der Waals surface area (Å²) < 4.78 is 5.15. The fourth-order valence-electron chi connectivity index (χ4n) is 1.17. The molecule has 0 bridgehead atoms. The molecule has 0 fully saturated rings. The molecular weight excluding hydrogens is 178 g/mol. The standard InChI is InChI=1S/C10H7N3O/c11-3-4-14-9-1-2-10-8(5-9)6-12-7-13-10/h1-2,5-7H,4H2. The normalized spacial score (nSPS) is 9.64. The van der Waals surface area contributed by atoms with E-state index in [4.69, 9.17) is 10.00 Å². The monoisotopic (exact) mass is 185 g/mol. The second kappa shape index (κ2) is 3.71. The summed E-state index contributed by atoms with van der Waals surface area (Å²) in [6.45, 7) is 0.0548. The van der Waals surface area contributed by atoms with Crippen LogP contribution < -0.4 is 4.74 Å². The summed E-state index contributed by atoms with van der Waals surface area (Å²) in [4.78, 5) is 7.97. The Bertz CT molecular complexity index is 490. The number of fused-ring (bicyclic) bond motifs is 1. The van der Waals surface area contributed by atoms with Gasteiger partial charge in [-0.3, -0.25) is 0 Å². The first-order chi connectivity index (χ1) is 6.90. The summed E-state index contributed by atoms with van der Waals surface area (Å²) in [6, 6.07) is 7.34. The van der Waals surface area contributed by atoms with Gasteiger partial charge in [0.1, 0.15) is 18.1 Å². The van der Waals surface area contributed by atoms with Crippen LogP contribution in [-0.4, -0.2) is 16.6 Å². The lowest BCUT2D eigenvalue weighted by Gasteiger charge is -2.01. The van der Waals surface area contributed by atoms with Crippen LogP contribution in [0.4, 0.5) is 0 Å². The summed E-state index contributed by atoms with van der Waals surface area (Å²) in [7, 11) is 0. The van der Waals surface area contributed by atoms with Crippen LogP contribution in [0.2, 0.25) is 0 Å². The number of ether oxygens (including phenoxy) is 1. The molecule has 2 aromatic rings. The van der Waals surface area contributed by atoms with E-state index in [-0.39, 0.29) is 6.61 Å². The van der Waals surface area contributed by atoms with Crippen molar-refractivity contribution in [2.75, 3.05) is 6.61 Å². The summed E-state index contributed by atoms with van der Waals surface area (Å²) in [5.74, 6) is 0.661. The number of rotatable bonds is 2. The summed E-state index contributed by atoms with van der Waals surface area (Å²) >= 11 is 0. The van der Waals surface area contributed by atoms with Gasteiger partial charge in [-0.25, -0.2) is 9.97 Å². The molecule has 2 rings (SSSR count). The molecule has 1 aromatic heterocycles. The van der Waals surface area contributed by atoms with Crippen LogP contribution >= 0.6 is 0 Å². The zero-order valence-electron chi connectivity index (χ0n) is 7.34. The van der Waals surface area contributed by atoms with Gasteiger partial charge in [-0.15, -0.1) is 0 Å². The summed E-state index contributed by atoms with van der Waals surface area (Å²) in [5, 5.41) is 9.25. The van der Waals surface area contributed by atoms with Crippen molar-refractivity contribution in [2.24, 2.45) is 0 Å². The van der Waals surface area contributed by atoms with Crippen molar-refractivity contribution in [2.45, 2.75) is 0 Å². The van der Waals surface area contributed by atoms with Crippen LogP contribution in [0.25, 0.3) is 10.9 Å². The molecule has 1 aromatic carbocycles. The molecule has 0 amide bonds. The van der Waals surface area contributed by atoms with Gasteiger partial charge in [0.25, 0.3) is 0 Å². The zero-order valence-corrected chi connectivity index (χ0v) is 7.34. The van der Waals surface area contributed by atoms with Gasteiger partial charge in [0.05, 0.1) is 5.52 Å². The Balaban J connectivity index is 2.37. The highest BCUT2D eigenvalue weighted by Crippen LogP contribution is 2.17. The minimum absolute atomic E-state index is 0.0548. The third-order valence-electron chi connectivity index (χ3n) is 1.78. The Hall–Kier alpha value is -2.15. The lowest BCUT2D eigenvalue weighted by atomic mass is 10.2. The molecule has 68 valence electrons. The molecule has 4 nitrogen and oxygen atoms in total. The van der Waals surface area contributed by atoms with E-state index in [2.05, 4.69) is 9.97 Å². The van der Waals surface area contributed by atoms with Gasteiger partial charge in [-0.2, -0.15) is 5.26 Å². The molecule has 0 spiro atoms. The Labute approximate surface area is 80.8 Å². The van der Waals surface area contributed by atoms with Gasteiger partial charge >= 0.3 is 0 Å². The molecule has 0 saturated carbocycles. The summed E-state index contributed by atoms with van der Waals surface area (Å²) in [6.07, 6.45) is 3.21. The highest BCUT2D eigenvalue weighted by molar-refractivity contribution is 5.78. The van der Waals surface area contributed by atoms with Crippen molar-refractivity contribution in [1.29, 1.82) is 5.26 Å². The van der Waals surface area contributed by atoms with Gasteiger partial charge < -0.3 is 4.74 Å². The molecule has 0 N–H and O–H groups in total. The number of aromatic nitrogens is 2. The van der Waals surface area contributed by atoms with E-state index in [0.717, 1.165) is 10.9 Å². The van der Waals surface area contributed by atoms with Crippen LogP contribution in [0, 0.1) is 11.3 Å². The van der Waals surface area contributed by atoms with Gasteiger partial charge in [0, 0.05) is 11.6 Å². The predicted octanol–water partition coefficient (Wildman–Crippen LogP) is 1.53. The molecule has 0 atom stereocenters. The Morgan fingerprint density at radius 3 is 3.21 bits per heavy atom. The Morgan fingerprint density at radius 1 is 1.43 bits per heavy atom. The Morgan fingerprint density at radius 2 is 2.36 bits per heavy atom. The van der Waals surface area contributed by atoms with E-state index in [9.17, 15) is 0 Å². The number of hydrogen-bond acceptors (Lipinski definition) is 4. The van der Waals surface area contributed by atoms with E-state index in [0.29, 0.717) is 5.75 Å². The first-order valence-corrected chi connectivity index (χ1v) is 4.09. The fraction of sp³-hybridized carbons (Fsp3) is 0.100. The van der Waals surface area contributed by atoms with Crippen LogP contribution in [0.15, 0.2) is 30.7 Å². The Kier molecular flexibility index (Phi) is 2.24. The lowest BCUT2D eigenvalue weighted by molar-refractivity contribution is 0.368.